The monoisotopic (exact) mass is 293 g/mol. The smallest absolute Gasteiger partial charge is 0.162 e. The molecule has 0 N–H and O–H groups in total. The van der Waals surface area contributed by atoms with Crippen molar-refractivity contribution in [3.63, 3.8) is 0 Å². The van der Waals surface area contributed by atoms with E-state index < -0.39 is 0 Å². The molecule has 5 aromatic rings. The van der Waals surface area contributed by atoms with Crippen molar-refractivity contribution in [1.29, 1.82) is 0 Å². The van der Waals surface area contributed by atoms with Crippen LogP contribution in [0.3, 0.4) is 0 Å². The summed E-state index contributed by atoms with van der Waals surface area (Å²) in [6.07, 6.45) is 3.79. The van der Waals surface area contributed by atoms with Gasteiger partial charge in [0.25, 0.3) is 0 Å². The van der Waals surface area contributed by atoms with Gasteiger partial charge in [-0.1, -0.05) is 0 Å². The maximum absolute atomic E-state index is 4.62. The Morgan fingerprint density at radius 3 is 1.80 bits per heavy atom. The van der Waals surface area contributed by atoms with Crippen molar-refractivity contribution in [2.45, 2.75) is 0 Å². The molecule has 20 heavy (non-hydrogen) atoms. The lowest BCUT2D eigenvalue weighted by atomic mass is 10.1. The van der Waals surface area contributed by atoms with Gasteiger partial charge in [0.15, 0.2) is 11.3 Å². The van der Waals surface area contributed by atoms with Crippen molar-refractivity contribution in [3.8, 4) is 0 Å². The topological polar surface area (TPSA) is 38.7 Å². The van der Waals surface area contributed by atoms with Crippen molar-refractivity contribution >= 4 is 64.9 Å². The molecule has 0 spiro atoms. The number of thiophene rings is 2. The summed E-state index contributed by atoms with van der Waals surface area (Å²) in [5.74, 6) is 0. The van der Waals surface area contributed by atoms with Crippen LogP contribution in [0.1, 0.15) is 0 Å². The van der Waals surface area contributed by atoms with Gasteiger partial charge in [-0.3, -0.25) is 0 Å². The van der Waals surface area contributed by atoms with E-state index in [2.05, 4.69) is 43.9 Å². The van der Waals surface area contributed by atoms with Crippen LogP contribution in [-0.2, 0) is 0 Å². The fourth-order valence-electron chi connectivity index (χ4n) is 2.61. The highest BCUT2D eigenvalue weighted by Crippen LogP contribution is 2.32. The Morgan fingerprint density at radius 2 is 1.25 bits per heavy atom. The van der Waals surface area contributed by atoms with Gasteiger partial charge in [-0.15, -0.1) is 22.7 Å². The highest BCUT2D eigenvalue weighted by atomic mass is 32.1. The minimum Gasteiger partial charge on any atom is -0.235 e. The van der Waals surface area contributed by atoms with E-state index in [0.29, 0.717) is 0 Å². The highest BCUT2D eigenvalue weighted by Gasteiger charge is 2.09. The Balaban J connectivity index is 2.09. The molecule has 3 nitrogen and oxygen atoms in total. The second-order valence-electron chi connectivity index (χ2n) is 4.64. The van der Waals surface area contributed by atoms with E-state index in [0.717, 1.165) is 22.1 Å². The predicted octanol–water partition coefficient (Wildman–Crippen LogP) is 4.61. The Hall–Kier alpha value is -2.11. The first-order valence-corrected chi connectivity index (χ1v) is 7.95. The highest BCUT2D eigenvalue weighted by molar-refractivity contribution is 7.17. The van der Waals surface area contributed by atoms with Crippen LogP contribution in [-0.4, -0.2) is 15.0 Å². The van der Waals surface area contributed by atoms with Crippen molar-refractivity contribution < 1.29 is 0 Å². The minimum atomic E-state index is 0.769. The van der Waals surface area contributed by atoms with Gasteiger partial charge in [0.1, 0.15) is 0 Å². The quantitative estimate of drug-likeness (QED) is 0.391. The summed E-state index contributed by atoms with van der Waals surface area (Å²) < 4.78 is 2.40. The Labute approximate surface area is 121 Å². The Bertz CT molecular complexity index is 1020. The van der Waals surface area contributed by atoms with Crippen LogP contribution >= 0.6 is 22.7 Å². The molecule has 5 rings (SSSR count). The molecule has 0 atom stereocenters. The zero-order valence-corrected chi connectivity index (χ0v) is 11.8. The molecule has 5 aromatic heterocycles. The number of hydrogen-bond acceptors (Lipinski definition) is 5. The summed E-state index contributed by atoms with van der Waals surface area (Å²) in [5, 5.41) is 8.86. The summed E-state index contributed by atoms with van der Waals surface area (Å²) in [4.78, 5) is 13.5. The number of rotatable bonds is 0. The first kappa shape index (κ1) is 10.7. The second kappa shape index (κ2) is 3.71. The fraction of sp³-hybridized carbons (Fsp3) is 0. The predicted molar refractivity (Wildman–Crippen MR) is 85.6 cm³/mol. The zero-order valence-electron chi connectivity index (χ0n) is 10.2. The van der Waals surface area contributed by atoms with Crippen molar-refractivity contribution in [2.24, 2.45) is 0 Å². The summed E-state index contributed by atoms with van der Waals surface area (Å²) in [5.41, 5.74) is 1.54. The zero-order chi connectivity index (χ0) is 13.1. The molecule has 5 heteroatoms. The minimum absolute atomic E-state index is 0.769. The standard InChI is InChI=1S/C15H7N3S2/c1-3-19-12-6-16-14-10(8(1)12)5-11-9-2-4-20-13(9)7-17-15(11)18-14/h1-7H. The molecule has 0 saturated heterocycles. The lowest BCUT2D eigenvalue weighted by molar-refractivity contribution is 1.29. The van der Waals surface area contributed by atoms with Crippen LogP contribution in [0.15, 0.2) is 41.4 Å². The van der Waals surface area contributed by atoms with Crippen LogP contribution in [0.2, 0.25) is 0 Å². The van der Waals surface area contributed by atoms with Gasteiger partial charge in [0, 0.05) is 33.9 Å². The molecule has 0 fully saturated rings. The van der Waals surface area contributed by atoms with E-state index in [-0.39, 0.29) is 0 Å². The average molecular weight is 293 g/mol. The molecule has 0 aliphatic carbocycles. The molecule has 0 aromatic carbocycles. The third-order valence-corrected chi connectivity index (χ3v) is 5.26. The molecule has 5 heterocycles. The van der Waals surface area contributed by atoms with E-state index in [1.165, 1.54) is 20.2 Å². The molecular formula is C15H7N3S2. The van der Waals surface area contributed by atoms with Gasteiger partial charge in [-0.2, -0.15) is 0 Å². The fourth-order valence-corrected chi connectivity index (χ4v) is 4.15. The number of nitrogens with zero attached hydrogens (tertiary/aromatic N) is 3. The molecule has 0 aliphatic rings. The van der Waals surface area contributed by atoms with Crippen LogP contribution in [0.4, 0.5) is 0 Å². The third kappa shape index (κ3) is 1.31. The van der Waals surface area contributed by atoms with Crippen LogP contribution in [0.25, 0.3) is 42.2 Å². The van der Waals surface area contributed by atoms with Gasteiger partial charge in [0.05, 0.1) is 9.40 Å². The van der Waals surface area contributed by atoms with E-state index in [4.69, 9.17) is 0 Å². The van der Waals surface area contributed by atoms with E-state index >= 15 is 0 Å². The lowest BCUT2D eigenvalue weighted by Crippen LogP contribution is -1.88. The molecule has 0 saturated carbocycles. The van der Waals surface area contributed by atoms with Crippen LogP contribution in [0, 0.1) is 0 Å². The van der Waals surface area contributed by atoms with Gasteiger partial charge < -0.3 is 0 Å². The van der Waals surface area contributed by atoms with Gasteiger partial charge in [-0.25, -0.2) is 15.0 Å². The Morgan fingerprint density at radius 1 is 0.700 bits per heavy atom. The normalized spacial score (nSPS) is 12.0. The molecular weight excluding hydrogens is 286 g/mol. The van der Waals surface area contributed by atoms with Gasteiger partial charge in [0.2, 0.25) is 0 Å². The Kier molecular flexibility index (Phi) is 1.98. The number of fused-ring (bicyclic) bond motifs is 6. The maximum Gasteiger partial charge on any atom is 0.162 e. The first-order chi connectivity index (χ1) is 9.90. The molecule has 0 radical (unpaired) electrons. The van der Waals surface area contributed by atoms with E-state index in [9.17, 15) is 0 Å². The molecule has 0 aliphatic heterocycles. The van der Waals surface area contributed by atoms with E-state index in [1.54, 1.807) is 22.7 Å². The molecule has 94 valence electrons. The molecule has 0 amide bonds. The van der Waals surface area contributed by atoms with Gasteiger partial charge in [-0.05, 0) is 29.0 Å². The summed E-state index contributed by atoms with van der Waals surface area (Å²) in [7, 11) is 0. The first-order valence-electron chi connectivity index (χ1n) is 6.19. The van der Waals surface area contributed by atoms with E-state index in [1.807, 2.05) is 12.4 Å². The van der Waals surface area contributed by atoms with Crippen molar-refractivity contribution in [2.75, 3.05) is 0 Å². The summed E-state index contributed by atoms with van der Waals surface area (Å²) in [6.45, 7) is 0. The maximum atomic E-state index is 4.62. The number of pyridine rings is 3. The largest absolute Gasteiger partial charge is 0.235 e. The summed E-state index contributed by atoms with van der Waals surface area (Å²) >= 11 is 3.42. The van der Waals surface area contributed by atoms with Crippen molar-refractivity contribution in [1.82, 2.24) is 15.0 Å². The molecule has 0 unspecified atom stereocenters. The average Bonchev–Trinajstić information content (AvgIpc) is 3.13. The summed E-state index contributed by atoms with van der Waals surface area (Å²) in [6, 6.07) is 6.46. The van der Waals surface area contributed by atoms with Crippen LogP contribution < -0.4 is 0 Å². The number of aromatic nitrogens is 3. The molecule has 0 bridgehead atoms. The lowest BCUT2D eigenvalue weighted by Gasteiger charge is -2.02. The van der Waals surface area contributed by atoms with Crippen molar-refractivity contribution in [3.05, 3.63) is 41.4 Å². The number of hydrogen-bond donors (Lipinski definition) is 0. The van der Waals surface area contributed by atoms with Gasteiger partial charge >= 0.3 is 0 Å². The SMILES string of the molecule is c1cc2c(cnc3nc4ncc5sccc5c4cc32)s1. The second-order valence-corrected chi connectivity index (χ2v) is 6.54. The third-order valence-electron chi connectivity index (χ3n) is 3.56. The van der Waals surface area contributed by atoms with Crippen LogP contribution in [0.5, 0.6) is 0 Å².